The molecule has 0 saturated carbocycles. The van der Waals surface area contributed by atoms with Crippen molar-refractivity contribution >= 4 is 23.0 Å². The Hall–Kier alpha value is -3.72. The van der Waals surface area contributed by atoms with Crippen molar-refractivity contribution in [2.75, 3.05) is 19.0 Å². The van der Waals surface area contributed by atoms with Crippen LogP contribution in [0.2, 0.25) is 0 Å². The van der Waals surface area contributed by atoms with Crippen LogP contribution in [0.4, 0.5) is 5.69 Å². The van der Waals surface area contributed by atoms with Crippen LogP contribution in [0, 0.1) is 11.8 Å². The summed E-state index contributed by atoms with van der Waals surface area (Å²) in [5.74, 6) is 6.69. The predicted octanol–water partition coefficient (Wildman–Crippen LogP) is 3.38. The second-order valence-corrected chi connectivity index (χ2v) is 6.37. The number of hydrogen-bond acceptors (Lipinski definition) is 5. The van der Waals surface area contributed by atoms with E-state index in [9.17, 15) is 4.79 Å². The number of benzene rings is 2. The number of amides is 1. The second kappa shape index (κ2) is 9.47. The Balaban J connectivity index is 1.73. The molecule has 0 fully saturated rings. The molecule has 0 saturated heterocycles. The van der Waals surface area contributed by atoms with E-state index in [0.717, 1.165) is 16.8 Å². The third-order valence-corrected chi connectivity index (χ3v) is 4.34. The molecule has 2 aromatic carbocycles. The van der Waals surface area contributed by atoms with Gasteiger partial charge in [-0.3, -0.25) is 9.79 Å². The molecule has 1 heterocycles. The average molecular weight is 389 g/mol. The minimum absolute atomic E-state index is 0.155. The smallest absolute Gasteiger partial charge is 0.236 e. The molecule has 0 spiro atoms. The van der Waals surface area contributed by atoms with E-state index < -0.39 is 0 Å². The van der Waals surface area contributed by atoms with Crippen molar-refractivity contribution in [1.82, 2.24) is 0 Å². The average Bonchev–Trinajstić information content (AvgIpc) is 2.94. The topological polar surface area (TPSA) is 85.9 Å². The van der Waals surface area contributed by atoms with Gasteiger partial charge >= 0.3 is 0 Å². The van der Waals surface area contributed by atoms with Crippen molar-refractivity contribution < 1.29 is 14.3 Å². The van der Waals surface area contributed by atoms with Crippen LogP contribution in [0.3, 0.4) is 0 Å². The first-order valence-corrected chi connectivity index (χ1v) is 9.19. The lowest BCUT2D eigenvalue weighted by atomic mass is 10.1. The van der Waals surface area contributed by atoms with Crippen LogP contribution in [0.1, 0.15) is 24.5 Å². The van der Waals surface area contributed by atoms with Crippen LogP contribution in [-0.2, 0) is 11.3 Å². The molecule has 6 heteroatoms. The molecule has 3 rings (SSSR count). The third kappa shape index (κ3) is 5.17. The Kier molecular flexibility index (Phi) is 6.54. The first kappa shape index (κ1) is 20.0. The standard InChI is InChI=1S/C23H23N3O3/c1-3-4-9-23(27)26-17-11-10-16-14-25-18(15-29-22(16)13-17)12-20(24)19-7-5-6-8-21(19)28-2/h5-8,10-13H,9,14-15,24H2,1-2H3,(H,26,27). The van der Waals surface area contributed by atoms with Gasteiger partial charge in [0, 0.05) is 28.6 Å². The number of nitrogens with two attached hydrogens (primary N) is 1. The van der Waals surface area contributed by atoms with Crippen molar-refractivity contribution in [2.24, 2.45) is 10.7 Å². The Morgan fingerprint density at radius 3 is 2.97 bits per heavy atom. The van der Waals surface area contributed by atoms with Crippen molar-refractivity contribution in [3.63, 3.8) is 0 Å². The van der Waals surface area contributed by atoms with Gasteiger partial charge in [-0.25, -0.2) is 0 Å². The van der Waals surface area contributed by atoms with Crippen molar-refractivity contribution in [2.45, 2.75) is 19.9 Å². The summed E-state index contributed by atoms with van der Waals surface area (Å²) in [6.07, 6.45) is 1.96. The summed E-state index contributed by atoms with van der Waals surface area (Å²) in [5.41, 5.74) is 9.96. The van der Waals surface area contributed by atoms with Gasteiger partial charge in [-0.05, 0) is 31.2 Å². The molecular weight excluding hydrogens is 366 g/mol. The number of rotatable bonds is 5. The zero-order chi connectivity index (χ0) is 20.6. The molecule has 3 N–H and O–H groups in total. The number of aliphatic imine (C=N–C) groups is 1. The number of anilines is 1. The Bertz CT molecular complexity index is 1030. The van der Waals surface area contributed by atoms with Crippen LogP contribution >= 0.6 is 0 Å². The molecule has 1 amide bonds. The molecule has 1 aliphatic heterocycles. The van der Waals surface area contributed by atoms with Gasteiger partial charge in [0.25, 0.3) is 0 Å². The molecule has 1 aliphatic rings. The van der Waals surface area contributed by atoms with Gasteiger partial charge in [-0.2, -0.15) is 0 Å². The summed E-state index contributed by atoms with van der Waals surface area (Å²) < 4.78 is 11.3. The normalized spacial score (nSPS) is 13.0. The van der Waals surface area contributed by atoms with Gasteiger partial charge in [-0.1, -0.05) is 24.1 Å². The van der Waals surface area contributed by atoms with E-state index in [-0.39, 0.29) is 18.9 Å². The van der Waals surface area contributed by atoms with E-state index >= 15 is 0 Å². The first-order valence-electron chi connectivity index (χ1n) is 9.19. The molecule has 29 heavy (non-hydrogen) atoms. The summed E-state index contributed by atoms with van der Waals surface area (Å²) in [4.78, 5) is 16.5. The highest BCUT2D eigenvalue weighted by Crippen LogP contribution is 2.27. The highest BCUT2D eigenvalue weighted by molar-refractivity contribution is 6.02. The lowest BCUT2D eigenvalue weighted by Gasteiger charge is -2.10. The summed E-state index contributed by atoms with van der Waals surface area (Å²) >= 11 is 0. The predicted molar refractivity (Wildman–Crippen MR) is 115 cm³/mol. The highest BCUT2D eigenvalue weighted by Gasteiger charge is 2.13. The zero-order valence-corrected chi connectivity index (χ0v) is 16.5. The lowest BCUT2D eigenvalue weighted by Crippen LogP contribution is -2.12. The maximum absolute atomic E-state index is 11.9. The summed E-state index contributed by atoms with van der Waals surface area (Å²) in [6.45, 7) is 2.45. The van der Waals surface area contributed by atoms with E-state index in [0.29, 0.717) is 29.4 Å². The third-order valence-electron chi connectivity index (χ3n) is 4.34. The fourth-order valence-electron chi connectivity index (χ4n) is 2.88. The van der Waals surface area contributed by atoms with Gasteiger partial charge in [0.2, 0.25) is 5.91 Å². The molecule has 2 aromatic rings. The van der Waals surface area contributed by atoms with E-state index in [1.165, 1.54) is 0 Å². The van der Waals surface area contributed by atoms with Crippen LogP contribution in [-0.4, -0.2) is 25.3 Å². The number of carbonyl (C=O) groups is 1. The molecule has 0 aromatic heterocycles. The molecule has 0 bridgehead atoms. The van der Waals surface area contributed by atoms with Crippen molar-refractivity contribution in [3.8, 4) is 23.3 Å². The number of para-hydroxylation sites is 1. The summed E-state index contributed by atoms with van der Waals surface area (Å²) in [7, 11) is 1.61. The minimum atomic E-state index is -0.155. The van der Waals surface area contributed by atoms with Gasteiger partial charge < -0.3 is 20.5 Å². The number of fused-ring (bicyclic) bond motifs is 1. The second-order valence-electron chi connectivity index (χ2n) is 6.37. The van der Waals surface area contributed by atoms with Crippen molar-refractivity contribution in [3.05, 3.63) is 59.7 Å². The minimum Gasteiger partial charge on any atom is -0.496 e. The van der Waals surface area contributed by atoms with Crippen molar-refractivity contribution in [1.29, 1.82) is 0 Å². The van der Waals surface area contributed by atoms with E-state index in [2.05, 4.69) is 22.2 Å². The molecule has 0 radical (unpaired) electrons. The van der Waals surface area contributed by atoms with Crippen LogP contribution in [0.15, 0.2) is 53.5 Å². The molecule has 148 valence electrons. The number of ether oxygens (including phenoxy) is 2. The molecule has 6 nitrogen and oxygen atoms in total. The Labute approximate surface area is 170 Å². The SMILES string of the molecule is CC#CCC(=O)Nc1ccc2c(c1)OCC(C=C(N)c1ccccc1OC)=NC2. The number of methoxy groups -OCH3 is 1. The van der Waals surface area contributed by atoms with Gasteiger partial charge in [0.1, 0.15) is 18.1 Å². The van der Waals surface area contributed by atoms with E-state index in [1.807, 2.05) is 36.4 Å². The quantitative estimate of drug-likeness (QED) is 0.768. The Morgan fingerprint density at radius 1 is 1.34 bits per heavy atom. The summed E-state index contributed by atoms with van der Waals surface area (Å²) in [6, 6.07) is 13.1. The van der Waals surface area contributed by atoms with E-state index in [4.69, 9.17) is 15.2 Å². The first-order chi connectivity index (χ1) is 14.1. The molecule has 0 aliphatic carbocycles. The highest BCUT2D eigenvalue weighted by atomic mass is 16.5. The maximum Gasteiger partial charge on any atom is 0.236 e. The van der Waals surface area contributed by atoms with Crippen LogP contribution in [0.5, 0.6) is 11.5 Å². The van der Waals surface area contributed by atoms with E-state index in [1.54, 1.807) is 26.2 Å². The molecule has 0 atom stereocenters. The number of hydrogen-bond donors (Lipinski definition) is 2. The van der Waals surface area contributed by atoms with Crippen LogP contribution in [0.25, 0.3) is 5.70 Å². The monoisotopic (exact) mass is 389 g/mol. The molecular formula is C23H23N3O3. The van der Waals surface area contributed by atoms with Crippen LogP contribution < -0.4 is 20.5 Å². The summed E-state index contributed by atoms with van der Waals surface area (Å²) in [5, 5.41) is 2.82. The number of carbonyl (C=O) groups excluding carboxylic acids is 1. The van der Waals surface area contributed by atoms with Gasteiger partial charge in [0.15, 0.2) is 0 Å². The zero-order valence-electron chi connectivity index (χ0n) is 16.5. The molecule has 0 unspecified atom stereocenters. The lowest BCUT2D eigenvalue weighted by molar-refractivity contribution is -0.115. The Morgan fingerprint density at radius 2 is 2.17 bits per heavy atom. The number of nitrogens with one attached hydrogen (secondary N) is 1. The fourth-order valence-corrected chi connectivity index (χ4v) is 2.88. The number of nitrogens with zero attached hydrogens (tertiary/aromatic N) is 1. The largest absolute Gasteiger partial charge is 0.496 e. The van der Waals surface area contributed by atoms with Gasteiger partial charge in [-0.15, -0.1) is 5.92 Å². The van der Waals surface area contributed by atoms with Gasteiger partial charge in [0.05, 0.1) is 25.8 Å². The maximum atomic E-state index is 11.9. The fraction of sp³-hybridized carbons (Fsp3) is 0.217.